The molecule has 0 radical (unpaired) electrons. The molecule has 3 N–H and O–H groups in total. The van der Waals surface area contributed by atoms with Crippen molar-refractivity contribution in [2.45, 2.75) is 39.0 Å². The number of nitrogens with one attached hydrogen (secondary N) is 1. The topological polar surface area (TPSA) is 81.4 Å². The maximum Gasteiger partial charge on any atom is 0.256 e. The summed E-state index contributed by atoms with van der Waals surface area (Å²) in [6.07, 6.45) is 5.25. The zero-order chi connectivity index (χ0) is 18.7. The second-order valence-corrected chi connectivity index (χ2v) is 7.76. The summed E-state index contributed by atoms with van der Waals surface area (Å²) in [5, 5.41) is 3.46. The summed E-state index contributed by atoms with van der Waals surface area (Å²) in [6.45, 7) is 2.19. The third-order valence-corrected chi connectivity index (χ3v) is 6.06. The van der Waals surface area contributed by atoms with Gasteiger partial charge in [0.2, 0.25) is 0 Å². The molecule has 1 atom stereocenters. The van der Waals surface area contributed by atoms with E-state index >= 15 is 0 Å². The van der Waals surface area contributed by atoms with E-state index in [-0.39, 0.29) is 5.91 Å². The summed E-state index contributed by atoms with van der Waals surface area (Å²) in [7, 11) is 1.58. The number of amides is 2. The number of anilines is 1. The minimum Gasteiger partial charge on any atom is -0.497 e. The summed E-state index contributed by atoms with van der Waals surface area (Å²) in [6, 6.07) is 6.86. The average Bonchev–Trinajstić information content (AvgIpc) is 2.99. The highest BCUT2D eigenvalue weighted by molar-refractivity contribution is 7.17. The monoisotopic (exact) mass is 372 g/mol. The van der Waals surface area contributed by atoms with Gasteiger partial charge in [0, 0.05) is 10.4 Å². The fourth-order valence-corrected chi connectivity index (χ4v) is 4.94. The number of rotatable bonds is 6. The second kappa shape index (κ2) is 7.91. The van der Waals surface area contributed by atoms with Crippen molar-refractivity contribution in [2.24, 2.45) is 11.7 Å². The third-order valence-electron chi connectivity index (χ3n) is 4.89. The van der Waals surface area contributed by atoms with Crippen molar-refractivity contribution < 1.29 is 14.3 Å². The molecular weight excluding hydrogens is 348 g/mol. The maximum atomic E-state index is 12.6. The number of carbonyl (C=O) groups is 2. The Morgan fingerprint density at radius 2 is 2.04 bits per heavy atom. The number of primary amides is 1. The highest BCUT2D eigenvalue weighted by Crippen LogP contribution is 2.40. The lowest BCUT2D eigenvalue weighted by Gasteiger charge is -2.21. The molecule has 5 nitrogen and oxygen atoms in total. The number of ether oxygens (including phenoxy) is 1. The maximum absolute atomic E-state index is 12.6. The predicted octanol–water partition coefficient (Wildman–Crippen LogP) is 4.01. The number of methoxy groups -OCH3 is 1. The smallest absolute Gasteiger partial charge is 0.256 e. The van der Waals surface area contributed by atoms with Gasteiger partial charge in [0.15, 0.2) is 0 Å². The molecule has 6 heteroatoms. The van der Waals surface area contributed by atoms with Crippen molar-refractivity contribution in [3.05, 3.63) is 45.8 Å². The molecule has 0 bridgehead atoms. The van der Waals surface area contributed by atoms with E-state index in [9.17, 15) is 9.59 Å². The minimum atomic E-state index is -0.471. The first-order valence-corrected chi connectivity index (χ1v) is 9.74. The van der Waals surface area contributed by atoms with Crippen LogP contribution >= 0.6 is 11.3 Å². The molecule has 0 saturated heterocycles. The molecule has 1 aromatic heterocycles. The number of thiophene rings is 1. The zero-order valence-corrected chi connectivity index (χ0v) is 15.9. The van der Waals surface area contributed by atoms with Crippen LogP contribution in [0.5, 0.6) is 5.75 Å². The number of hydrogen-bond acceptors (Lipinski definition) is 4. The molecule has 0 spiro atoms. The predicted molar refractivity (Wildman–Crippen MR) is 104 cm³/mol. The van der Waals surface area contributed by atoms with Crippen LogP contribution in [0.15, 0.2) is 24.3 Å². The van der Waals surface area contributed by atoms with Gasteiger partial charge in [0.1, 0.15) is 10.8 Å². The van der Waals surface area contributed by atoms with Crippen LogP contribution in [0.2, 0.25) is 0 Å². The normalized spacial score (nSPS) is 16.0. The molecular formula is C20H24N2O3S. The summed E-state index contributed by atoms with van der Waals surface area (Å²) < 4.78 is 5.11. The van der Waals surface area contributed by atoms with Crippen LogP contribution in [0.1, 0.15) is 57.3 Å². The Morgan fingerprint density at radius 3 is 2.65 bits per heavy atom. The first-order chi connectivity index (χ1) is 12.5. The molecule has 1 aliphatic carbocycles. The number of hydrogen-bond donors (Lipinski definition) is 2. The van der Waals surface area contributed by atoms with Crippen molar-refractivity contribution in [1.29, 1.82) is 0 Å². The second-order valence-electron chi connectivity index (χ2n) is 6.65. The fourth-order valence-electron chi connectivity index (χ4n) is 3.58. The lowest BCUT2D eigenvalue weighted by molar-refractivity contribution is 0.1000. The van der Waals surface area contributed by atoms with Crippen molar-refractivity contribution in [3.8, 4) is 5.75 Å². The molecule has 0 fully saturated rings. The quantitative estimate of drug-likeness (QED) is 0.804. The Bertz CT molecular complexity index is 811. The summed E-state index contributed by atoms with van der Waals surface area (Å²) >= 11 is 1.49. The highest BCUT2D eigenvalue weighted by atomic mass is 32.1. The van der Waals surface area contributed by atoms with Gasteiger partial charge < -0.3 is 15.8 Å². The highest BCUT2D eigenvalue weighted by Gasteiger charge is 2.28. The molecule has 3 rings (SSSR count). The molecule has 26 heavy (non-hydrogen) atoms. The SMILES string of the molecule is CCC[C@H]1CCc2c(sc(NC(=O)c3ccc(OC)cc3)c2C(N)=O)C1. The van der Waals surface area contributed by atoms with Gasteiger partial charge in [0.05, 0.1) is 12.7 Å². The standard InChI is InChI=1S/C20H24N2O3S/c1-3-4-12-5-10-15-16(11-12)26-20(17(15)18(21)23)22-19(24)13-6-8-14(25-2)9-7-13/h6-9,12H,3-5,10-11H2,1-2H3,(H2,21,23)(H,22,24)/t12-/m0/s1. The van der Waals surface area contributed by atoms with Crippen LogP contribution in [-0.4, -0.2) is 18.9 Å². The van der Waals surface area contributed by atoms with Crippen molar-refractivity contribution >= 4 is 28.2 Å². The third kappa shape index (κ3) is 3.75. The van der Waals surface area contributed by atoms with E-state index in [1.54, 1.807) is 31.4 Å². The van der Waals surface area contributed by atoms with Crippen molar-refractivity contribution in [3.63, 3.8) is 0 Å². The summed E-state index contributed by atoms with van der Waals surface area (Å²) in [5.74, 6) is 0.616. The molecule has 2 aromatic rings. The molecule has 2 amide bonds. The zero-order valence-electron chi connectivity index (χ0n) is 15.1. The van der Waals surface area contributed by atoms with E-state index in [1.807, 2.05) is 0 Å². The Morgan fingerprint density at radius 1 is 1.31 bits per heavy atom. The van der Waals surface area contributed by atoms with Crippen molar-refractivity contribution in [2.75, 3.05) is 12.4 Å². The van der Waals surface area contributed by atoms with Gasteiger partial charge in [-0.25, -0.2) is 0 Å². The lowest BCUT2D eigenvalue weighted by atomic mass is 9.84. The number of nitrogens with two attached hydrogens (primary N) is 1. The molecule has 1 aliphatic rings. The molecule has 1 aromatic carbocycles. The largest absolute Gasteiger partial charge is 0.497 e. The van der Waals surface area contributed by atoms with Gasteiger partial charge in [-0.2, -0.15) is 0 Å². The fraction of sp³-hybridized carbons (Fsp3) is 0.400. The van der Waals surface area contributed by atoms with Crippen LogP contribution in [0, 0.1) is 5.92 Å². The van der Waals surface area contributed by atoms with E-state index < -0.39 is 5.91 Å². The van der Waals surface area contributed by atoms with E-state index in [0.717, 1.165) is 31.2 Å². The van der Waals surface area contributed by atoms with Crippen LogP contribution < -0.4 is 15.8 Å². The molecule has 0 unspecified atom stereocenters. The average molecular weight is 372 g/mol. The summed E-state index contributed by atoms with van der Waals surface area (Å²) in [5.41, 5.74) is 7.65. The van der Waals surface area contributed by atoms with Crippen LogP contribution in [0.4, 0.5) is 5.00 Å². The molecule has 0 aliphatic heterocycles. The van der Waals surface area contributed by atoms with Crippen LogP contribution in [-0.2, 0) is 12.8 Å². The van der Waals surface area contributed by atoms with Crippen molar-refractivity contribution in [1.82, 2.24) is 0 Å². The summed E-state index contributed by atoms with van der Waals surface area (Å²) in [4.78, 5) is 25.8. The van der Waals surface area contributed by atoms with Crippen LogP contribution in [0.25, 0.3) is 0 Å². The number of carbonyl (C=O) groups excluding carboxylic acids is 2. The first kappa shape index (κ1) is 18.5. The van der Waals surface area contributed by atoms with Gasteiger partial charge in [-0.15, -0.1) is 11.3 Å². The Kier molecular flexibility index (Phi) is 5.61. The minimum absolute atomic E-state index is 0.251. The molecule has 138 valence electrons. The Hall–Kier alpha value is -2.34. The number of benzene rings is 1. The lowest BCUT2D eigenvalue weighted by Crippen LogP contribution is -2.20. The molecule has 0 saturated carbocycles. The van der Waals surface area contributed by atoms with Gasteiger partial charge in [-0.1, -0.05) is 19.8 Å². The first-order valence-electron chi connectivity index (χ1n) is 8.93. The van der Waals surface area contributed by atoms with Crippen LogP contribution in [0.3, 0.4) is 0 Å². The van der Waals surface area contributed by atoms with E-state index in [4.69, 9.17) is 10.5 Å². The Labute approximate surface area is 157 Å². The van der Waals surface area contributed by atoms with E-state index in [2.05, 4.69) is 12.2 Å². The van der Waals surface area contributed by atoms with Gasteiger partial charge in [-0.3, -0.25) is 9.59 Å². The van der Waals surface area contributed by atoms with Gasteiger partial charge in [-0.05, 0) is 55.0 Å². The number of fused-ring (bicyclic) bond motifs is 1. The van der Waals surface area contributed by atoms with E-state index in [0.29, 0.717) is 27.8 Å². The van der Waals surface area contributed by atoms with Gasteiger partial charge >= 0.3 is 0 Å². The molecule has 1 heterocycles. The van der Waals surface area contributed by atoms with Gasteiger partial charge in [0.25, 0.3) is 11.8 Å². The van der Waals surface area contributed by atoms with E-state index in [1.165, 1.54) is 22.6 Å². The Balaban J connectivity index is 1.85.